The Kier molecular flexibility index (Phi) is 6.19. The molecule has 0 atom stereocenters. The van der Waals surface area contributed by atoms with Gasteiger partial charge in [-0.15, -0.1) is 0 Å². The SMILES string of the molecule is CNCc1ccc(S(=O)(=O)NCCN2CCCC2)c(Br)c1. The summed E-state index contributed by atoms with van der Waals surface area (Å²) in [5.41, 5.74) is 1.04. The molecule has 2 rings (SSSR count). The zero-order valence-corrected chi connectivity index (χ0v) is 14.6. The summed E-state index contributed by atoms with van der Waals surface area (Å²) in [6.07, 6.45) is 2.43. The van der Waals surface area contributed by atoms with Crippen LogP contribution in [0.15, 0.2) is 27.6 Å². The molecule has 7 heteroatoms. The predicted molar refractivity (Wildman–Crippen MR) is 87.8 cm³/mol. The van der Waals surface area contributed by atoms with Crippen molar-refractivity contribution >= 4 is 26.0 Å². The van der Waals surface area contributed by atoms with Crippen LogP contribution in [-0.4, -0.2) is 46.5 Å². The van der Waals surface area contributed by atoms with Crippen LogP contribution in [0.25, 0.3) is 0 Å². The van der Waals surface area contributed by atoms with Gasteiger partial charge in [-0.25, -0.2) is 13.1 Å². The monoisotopic (exact) mass is 375 g/mol. The summed E-state index contributed by atoms with van der Waals surface area (Å²) in [5.74, 6) is 0. The van der Waals surface area contributed by atoms with E-state index in [1.165, 1.54) is 12.8 Å². The van der Waals surface area contributed by atoms with Gasteiger partial charge in [-0.05, 0) is 66.6 Å². The van der Waals surface area contributed by atoms with Gasteiger partial charge in [0.05, 0.1) is 4.90 Å². The van der Waals surface area contributed by atoms with Gasteiger partial charge in [-0.2, -0.15) is 0 Å². The van der Waals surface area contributed by atoms with Crippen molar-refractivity contribution in [2.24, 2.45) is 0 Å². The Labute approximate surface area is 135 Å². The van der Waals surface area contributed by atoms with Gasteiger partial charge in [0.2, 0.25) is 10.0 Å². The van der Waals surface area contributed by atoms with Crippen LogP contribution in [0.3, 0.4) is 0 Å². The Bertz CT molecular complexity index is 572. The van der Waals surface area contributed by atoms with Crippen molar-refractivity contribution < 1.29 is 8.42 Å². The van der Waals surface area contributed by atoms with Crippen molar-refractivity contribution in [1.82, 2.24) is 14.9 Å². The Morgan fingerprint density at radius 3 is 2.62 bits per heavy atom. The van der Waals surface area contributed by atoms with Crippen molar-refractivity contribution in [3.05, 3.63) is 28.2 Å². The average Bonchev–Trinajstić information content (AvgIpc) is 2.92. The number of hydrogen-bond acceptors (Lipinski definition) is 4. The first kappa shape index (κ1) is 16.9. The van der Waals surface area contributed by atoms with E-state index in [0.717, 1.165) is 25.2 Å². The Morgan fingerprint density at radius 1 is 1.29 bits per heavy atom. The molecule has 0 saturated carbocycles. The number of rotatable bonds is 7. The number of halogens is 1. The van der Waals surface area contributed by atoms with Crippen LogP contribution >= 0.6 is 15.9 Å². The third-order valence-corrected chi connectivity index (χ3v) is 6.02. The van der Waals surface area contributed by atoms with Gasteiger partial charge >= 0.3 is 0 Å². The van der Waals surface area contributed by atoms with Crippen LogP contribution in [-0.2, 0) is 16.6 Å². The van der Waals surface area contributed by atoms with Gasteiger partial charge in [0.1, 0.15) is 0 Å². The maximum Gasteiger partial charge on any atom is 0.241 e. The topological polar surface area (TPSA) is 61.4 Å². The van der Waals surface area contributed by atoms with Crippen molar-refractivity contribution in [3.8, 4) is 0 Å². The summed E-state index contributed by atoms with van der Waals surface area (Å²) < 4.78 is 27.9. The lowest BCUT2D eigenvalue weighted by molar-refractivity contribution is 0.344. The number of likely N-dealkylation sites (tertiary alicyclic amines) is 1. The van der Waals surface area contributed by atoms with Gasteiger partial charge < -0.3 is 10.2 Å². The molecule has 0 unspecified atom stereocenters. The molecule has 0 aromatic heterocycles. The molecule has 1 aromatic rings. The van der Waals surface area contributed by atoms with Crippen LogP contribution in [0.2, 0.25) is 0 Å². The normalized spacial score (nSPS) is 16.5. The second-order valence-electron chi connectivity index (χ2n) is 5.24. The van der Waals surface area contributed by atoms with E-state index < -0.39 is 10.0 Å². The molecule has 0 aliphatic carbocycles. The van der Waals surface area contributed by atoms with E-state index in [0.29, 0.717) is 22.5 Å². The molecule has 2 N–H and O–H groups in total. The zero-order valence-electron chi connectivity index (χ0n) is 12.2. The summed E-state index contributed by atoms with van der Waals surface area (Å²) in [5, 5.41) is 3.04. The molecule has 0 spiro atoms. The van der Waals surface area contributed by atoms with E-state index in [1.807, 2.05) is 19.2 Å². The minimum Gasteiger partial charge on any atom is -0.316 e. The predicted octanol–water partition coefficient (Wildman–Crippen LogP) is 1.54. The molecule has 1 heterocycles. The highest BCUT2D eigenvalue weighted by Crippen LogP contribution is 2.23. The summed E-state index contributed by atoms with van der Waals surface area (Å²) in [4.78, 5) is 2.58. The fourth-order valence-corrected chi connectivity index (χ4v) is 4.64. The van der Waals surface area contributed by atoms with Gasteiger partial charge in [-0.3, -0.25) is 0 Å². The fourth-order valence-electron chi connectivity index (χ4n) is 2.50. The van der Waals surface area contributed by atoms with Gasteiger partial charge in [-0.1, -0.05) is 6.07 Å². The lowest BCUT2D eigenvalue weighted by Gasteiger charge is -2.15. The van der Waals surface area contributed by atoms with Crippen LogP contribution in [0.1, 0.15) is 18.4 Å². The van der Waals surface area contributed by atoms with Crippen LogP contribution in [0.5, 0.6) is 0 Å². The maximum atomic E-state index is 12.3. The number of nitrogens with one attached hydrogen (secondary N) is 2. The standard InChI is InChI=1S/C14H22BrN3O2S/c1-16-11-12-4-5-14(13(15)10-12)21(19,20)17-6-9-18-7-2-3-8-18/h4-5,10,16-17H,2-3,6-9,11H2,1H3. The van der Waals surface area contributed by atoms with E-state index >= 15 is 0 Å². The van der Waals surface area contributed by atoms with Gasteiger partial charge in [0, 0.05) is 24.1 Å². The highest BCUT2D eigenvalue weighted by Gasteiger charge is 2.18. The van der Waals surface area contributed by atoms with E-state index in [-0.39, 0.29) is 0 Å². The molecule has 1 fully saturated rings. The van der Waals surface area contributed by atoms with Crippen molar-refractivity contribution in [2.75, 3.05) is 33.2 Å². The maximum absolute atomic E-state index is 12.3. The first-order valence-electron chi connectivity index (χ1n) is 7.18. The van der Waals surface area contributed by atoms with Crippen LogP contribution in [0.4, 0.5) is 0 Å². The summed E-state index contributed by atoms with van der Waals surface area (Å²) in [7, 11) is -1.60. The highest BCUT2D eigenvalue weighted by molar-refractivity contribution is 9.10. The number of benzene rings is 1. The number of nitrogens with zero attached hydrogens (tertiary/aromatic N) is 1. The van der Waals surface area contributed by atoms with Gasteiger partial charge in [0.15, 0.2) is 0 Å². The molecule has 1 aliphatic rings. The lowest BCUT2D eigenvalue weighted by atomic mass is 10.2. The molecule has 0 bridgehead atoms. The molecular weight excluding hydrogens is 354 g/mol. The second-order valence-corrected chi connectivity index (χ2v) is 7.83. The third kappa shape index (κ3) is 4.75. The third-order valence-electron chi connectivity index (χ3n) is 3.59. The molecule has 1 aromatic carbocycles. The quantitative estimate of drug-likeness (QED) is 0.758. The average molecular weight is 376 g/mol. The van der Waals surface area contributed by atoms with Crippen molar-refractivity contribution in [2.45, 2.75) is 24.3 Å². The minimum atomic E-state index is -3.46. The minimum absolute atomic E-state index is 0.295. The Hall–Kier alpha value is -0.470. The van der Waals surface area contributed by atoms with Crippen LogP contribution < -0.4 is 10.0 Å². The van der Waals surface area contributed by atoms with Crippen molar-refractivity contribution in [3.63, 3.8) is 0 Å². The second kappa shape index (κ2) is 7.69. The highest BCUT2D eigenvalue weighted by atomic mass is 79.9. The van der Waals surface area contributed by atoms with E-state index in [1.54, 1.807) is 6.07 Å². The molecule has 1 aliphatic heterocycles. The van der Waals surface area contributed by atoms with Crippen LogP contribution in [0, 0.1) is 0 Å². The van der Waals surface area contributed by atoms with Crippen molar-refractivity contribution in [1.29, 1.82) is 0 Å². The first-order valence-corrected chi connectivity index (χ1v) is 9.45. The number of hydrogen-bond donors (Lipinski definition) is 2. The lowest BCUT2D eigenvalue weighted by Crippen LogP contribution is -2.33. The van der Waals surface area contributed by atoms with E-state index in [2.05, 4.69) is 30.9 Å². The summed E-state index contributed by atoms with van der Waals surface area (Å²) in [6, 6.07) is 5.32. The summed E-state index contributed by atoms with van der Waals surface area (Å²) >= 11 is 3.35. The van der Waals surface area contributed by atoms with E-state index in [9.17, 15) is 8.42 Å². The Morgan fingerprint density at radius 2 is 2.00 bits per heavy atom. The smallest absolute Gasteiger partial charge is 0.241 e. The largest absolute Gasteiger partial charge is 0.316 e. The molecule has 0 amide bonds. The fraction of sp³-hybridized carbons (Fsp3) is 0.571. The molecule has 1 saturated heterocycles. The molecule has 0 radical (unpaired) electrons. The zero-order chi connectivity index (χ0) is 15.3. The molecule has 5 nitrogen and oxygen atoms in total. The number of sulfonamides is 1. The molecule has 21 heavy (non-hydrogen) atoms. The van der Waals surface area contributed by atoms with Gasteiger partial charge in [0.25, 0.3) is 0 Å². The molecule has 118 valence electrons. The Balaban J connectivity index is 1.97. The van der Waals surface area contributed by atoms with E-state index in [4.69, 9.17) is 0 Å². The first-order chi connectivity index (χ1) is 10.0. The summed E-state index contributed by atoms with van der Waals surface area (Å²) in [6.45, 7) is 4.08. The molecular formula is C14H22BrN3O2S.